The molecule has 1 aliphatic rings. The van der Waals surface area contributed by atoms with Crippen molar-refractivity contribution in [1.29, 1.82) is 0 Å². The number of rotatable bonds is 3. The van der Waals surface area contributed by atoms with Gasteiger partial charge >= 0.3 is 12.0 Å². The summed E-state index contributed by atoms with van der Waals surface area (Å²) in [5, 5.41) is 11.7. The van der Waals surface area contributed by atoms with Crippen LogP contribution in [0.4, 0.5) is 4.79 Å². The fraction of sp³-hybridized carbons (Fsp3) is 0.357. The summed E-state index contributed by atoms with van der Waals surface area (Å²) in [5.74, 6) is -1.29. The number of carboxylic acid groups (broad SMARTS) is 1. The summed E-state index contributed by atoms with van der Waals surface area (Å²) < 4.78 is 1.89. The summed E-state index contributed by atoms with van der Waals surface area (Å²) in [6, 6.07) is 5.47. The minimum atomic E-state index is -0.842. The van der Waals surface area contributed by atoms with Gasteiger partial charge in [-0.3, -0.25) is 4.79 Å². The number of pyridine rings is 1. The van der Waals surface area contributed by atoms with E-state index in [9.17, 15) is 9.59 Å². The second-order valence-electron chi connectivity index (χ2n) is 5.13. The molecule has 0 aromatic carbocycles. The fourth-order valence-electron chi connectivity index (χ4n) is 2.50. The van der Waals surface area contributed by atoms with Crippen molar-refractivity contribution < 1.29 is 14.7 Å². The van der Waals surface area contributed by atoms with Gasteiger partial charge in [-0.25, -0.2) is 9.78 Å². The highest BCUT2D eigenvalue weighted by molar-refractivity contribution is 5.77. The second-order valence-corrected chi connectivity index (χ2v) is 5.13. The van der Waals surface area contributed by atoms with E-state index < -0.39 is 11.9 Å². The number of hydrogen-bond acceptors (Lipinski definition) is 3. The van der Waals surface area contributed by atoms with Crippen LogP contribution in [-0.2, 0) is 11.3 Å². The highest BCUT2D eigenvalue weighted by Gasteiger charge is 2.30. The van der Waals surface area contributed by atoms with Gasteiger partial charge in [-0.15, -0.1) is 0 Å². The lowest BCUT2D eigenvalue weighted by atomic mass is 10.1. The molecule has 3 rings (SSSR count). The maximum atomic E-state index is 12.0. The van der Waals surface area contributed by atoms with Gasteiger partial charge < -0.3 is 19.7 Å². The van der Waals surface area contributed by atoms with E-state index in [-0.39, 0.29) is 12.6 Å². The van der Waals surface area contributed by atoms with Crippen LogP contribution in [0.1, 0.15) is 12.1 Å². The van der Waals surface area contributed by atoms with Crippen molar-refractivity contribution in [2.24, 2.45) is 5.92 Å². The number of carbonyl (C=O) groups excluding carboxylic acids is 1. The lowest BCUT2D eigenvalue weighted by Crippen LogP contribution is -2.38. The summed E-state index contributed by atoms with van der Waals surface area (Å²) in [6.07, 6.45) is 4.27. The van der Waals surface area contributed by atoms with Gasteiger partial charge in [0.25, 0.3) is 0 Å². The zero-order valence-corrected chi connectivity index (χ0v) is 11.4. The Morgan fingerprint density at radius 3 is 3.00 bits per heavy atom. The highest BCUT2D eigenvalue weighted by atomic mass is 16.4. The fourth-order valence-corrected chi connectivity index (χ4v) is 2.50. The zero-order valence-electron chi connectivity index (χ0n) is 11.4. The topological polar surface area (TPSA) is 86.9 Å². The van der Waals surface area contributed by atoms with Crippen LogP contribution in [0, 0.1) is 5.92 Å². The van der Waals surface area contributed by atoms with Gasteiger partial charge in [0.05, 0.1) is 18.2 Å². The number of nitrogens with zero attached hydrogens (tertiary/aromatic N) is 3. The van der Waals surface area contributed by atoms with E-state index in [1.165, 1.54) is 4.90 Å². The molecule has 1 atom stereocenters. The van der Waals surface area contributed by atoms with E-state index in [4.69, 9.17) is 5.11 Å². The number of urea groups is 1. The molecule has 7 heteroatoms. The number of hydrogen-bond donors (Lipinski definition) is 2. The molecule has 3 heterocycles. The molecule has 0 spiro atoms. The molecule has 0 saturated carbocycles. The number of carboxylic acids is 1. The molecule has 0 aliphatic carbocycles. The normalized spacial score (nSPS) is 18.1. The third kappa shape index (κ3) is 2.81. The Hall–Kier alpha value is -2.57. The number of nitrogens with one attached hydrogen (secondary N) is 1. The van der Waals surface area contributed by atoms with Crippen LogP contribution in [0.5, 0.6) is 0 Å². The van der Waals surface area contributed by atoms with Gasteiger partial charge in [-0.1, -0.05) is 6.07 Å². The van der Waals surface area contributed by atoms with Crippen LogP contribution < -0.4 is 5.32 Å². The molecule has 110 valence electrons. The lowest BCUT2D eigenvalue weighted by molar-refractivity contribution is -0.141. The minimum Gasteiger partial charge on any atom is -0.481 e. The second kappa shape index (κ2) is 5.43. The first-order valence-electron chi connectivity index (χ1n) is 6.81. The summed E-state index contributed by atoms with van der Waals surface area (Å²) in [7, 11) is 0. The van der Waals surface area contributed by atoms with Crippen LogP contribution >= 0.6 is 0 Å². The SMILES string of the molecule is O=C(O)C1CCN(C(=O)NCc2cn3ccccc3n2)C1. The molecular formula is C14H16N4O3. The maximum Gasteiger partial charge on any atom is 0.317 e. The van der Waals surface area contributed by atoms with Crippen molar-refractivity contribution in [3.8, 4) is 0 Å². The van der Waals surface area contributed by atoms with Crippen LogP contribution in [0.15, 0.2) is 30.6 Å². The van der Waals surface area contributed by atoms with Crippen molar-refractivity contribution in [3.05, 3.63) is 36.3 Å². The van der Waals surface area contributed by atoms with E-state index in [2.05, 4.69) is 10.3 Å². The number of aromatic nitrogens is 2. The van der Waals surface area contributed by atoms with Crippen molar-refractivity contribution in [1.82, 2.24) is 19.6 Å². The van der Waals surface area contributed by atoms with E-state index >= 15 is 0 Å². The van der Waals surface area contributed by atoms with Crippen LogP contribution in [0.2, 0.25) is 0 Å². The molecule has 2 N–H and O–H groups in total. The number of aliphatic carboxylic acids is 1. The molecule has 2 aromatic rings. The minimum absolute atomic E-state index is 0.240. The number of fused-ring (bicyclic) bond motifs is 1. The number of carbonyl (C=O) groups is 2. The molecule has 0 radical (unpaired) electrons. The third-order valence-corrected chi connectivity index (χ3v) is 3.66. The van der Waals surface area contributed by atoms with Crippen LogP contribution in [0.25, 0.3) is 5.65 Å². The third-order valence-electron chi connectivity index (χ3n) is 3.66. The van der Waals surface area contributed by atoms with E-state index in [0.717, 1.165) is 11.3 Å². The molecule has 2 amide bonds. The van der Waals surface area contributed by atoms with Gasteiger partial charge in [0.15, 0.2) is 0 Å². The van der Waals surface area contributed by atoms with Crippen LogP contribution in [-0.4, -0.2) is 44.5 Å². The molecule has 1 unspecified atom stereocenters. The van der Waals surface area contributed by atoms with Gasteiger partial charge in [0.2, 0.25) is 0 Å². The molecular weight excluding hydrogens is 272 g/mol. The standard InChI is InChI=1S/C14H16N4O3/c19-13(20)10-4-6-18(8-10)14(21)15-7-11-9-17-5-2-1-3-12(17)16-11/h1-3,5,9-10H,4,6-8H2,(H,15,21)(H,19,20). The zero-order chi connectivity index (χ0) is 14.8. The van der Waals surface area contributed by atoms with Crippen molar-refractivity contribution in [2.45, 2.75) is 13.0 Å². The number of imidazole rings is 1. The molecule has 1 fully saturated rings. The van der Waals surface area contributed by atoms with Gasteiger partial charge in [0.1, 0.15) is 5.65 Å². The van der Waals surface area contributed by atoms with Crippen molar-refractivity contribution >= 4 is 17.6 Å². The Balaban J connectivity index is 1.57. The smallest absolute Gasteiger partial charge is 0.317 e. The largest absolute Gasteiger partial charge is 0.481 e. The average molecular weight is 288 g/mol. The predicted octanol–water partition coefficient (Wildman–Crippen LogP) is 0.950. The maximum absolute atomic E-state index is 12.0. The van der Waals surface area contributed by atoms with Crippen molar-refractivity contribution in [2.75, 3.05) is 13.1 Å². The molecule has 2 aromatic heterocycles. The summed E-state index contributed by atoms with van der Waals surface area (Å²) in [4.78, 5) is 28.8. The quantitative estimate of drug-likeness (QED) is 0.880. The number of amides is 2. The van der Waals surface area contributed by atoms with E-state index in [1.54, 1.807) is 0 Å². The van der Waals surface area contributed by atoms with E-state index in [1.807, 2.05) is 35.0 Å². The van der Waals surface area contributed by atoms with Gasteiger partial charge in [0, 0.05) is 25.5 Å². The Bertz CT molecular complexity index is 649. The molecule has 0 bridgehead atoms. The first kappa shape index (κ1) is 13.4. The molecule has 7 nitrogen and oxygen atoms in total. The summed E-state index contributed by atoms with van der Waals surface area (Å²) >= 11 is 0. The Morgan fingerprint density at radius 2 is 2.29 bits per heavy atom. The monoisotopic (exact) mass is 288 g/mol. The van der Waals surface area contributed by atoms with Gasteiger partial charge in [-0.05, 0) is 18.6 Å². The van der Waals surface area contributed by atoms with E-state index in [0.29, 0.717) is 19.5 Å². The predicted molar refractivity (Wildman–Crippen MR) is 74.7 cm³/mol. The molecule has 1 aliphatic heterocycles. The number of likely N-dealkylation sites (tertiary alicyclic amines) is 1. The molecule has 1 saturated heterocycles. The Labute approximate surface area is 121 Å². The highest BCUT2D eigenvalue weighted by Crippen LogP contribution is 2.16. The summed E-state index contributed by atoms with van der Waals surface area (Å²) in [6.45, 7) is 1.08. The Kier molecular flexibility index (Phi) is 3.47. The molecule has 21 heavy (non-hydrogen) atoms. The van der Waals surface area contributed by atoms with Crippen molar-refractivity contribution in [3.63, 3.8) is 0 Å². The van der Waals surface area contributed by atoms with Gasteiger partial charge in [-0.2, -0.15) is 0 Å². The summed E-state index contributed by atoms with van der Waals surface area (Å²) in [5.41, 5.74) is 1.59. The average Bonchev–Trinajstić information content (AvgIpc) is 3.11. The van der Waals surface area contributed by atoms with Crippen LogP contribution in [0.3, 0.4) is 0 Å². The lowest BCUT2D eigenvalue weighted by Gasteiger charge is -2.16. The first-order chi connectivity index (χ1) is 10.1. The Morgan fingerprint density at radius 1 is 1.43 bits per heavy atom. The first-order valence-corrected chi connectivity index (χ1v) is 6.81.